The zero-order valence-corrected chi connectivity index (χ0v) is 14.0. The molecule has 1 N–H and O–H groups in total. The number of carbonyl (C=O) groups is 1. The summed E-state index contributed by atoms with van der Waals surface area (Å²) in [6.45, 7) is 1.58. The quantitative estimate of drug-likeness (QED) is 0.382. The van der Waals surface area contributed by atoms with Crippen molar-refractivity contribution >= 4 is 23.5 Å². The van der Waals surface area contributed by atoms with Crippen molar-refractivity contribution in [2.24, 2.45) is 0 Å². The Labute approximate surface area is 144 Å². The molecule has 0 amide bonds. The van der Waals surface area contributed by atoms with Crippen LogP contribution >= 0.6 is 11.8 Å². The lowest BCUT2D eigenvalue weighted by Gasteiger charge is -2.35. The summed E-state index contributed by atoms with van der Waals surface area (Å²) in [5.74, 6) is -5.11. The van der Waals surface area contributed by atoms with Crippen LogP contribution in [0.5, 0.6) is 0 Å². The van der Waals surface area contributed by atoms with Crippen LogP contribution < -0.4 is 5.32 Å². The Bertz CT molecular complexity index is 837. The van der Waals surface area contributed by atoms with Crippen LogP contribution in [0.1, 0.15) is 22.8 Å². The maximum atomic E-state index is 15.1. The van der Waals surface area contributed by atoms with Crippen molar-refractivity contribution in [3.63, 3.8) is 0 Å². The van der Waals surface area contributed by atoms with Gasteiger partial charge in [-0.25, -0.2) is 13.9 Å². The van der Waals surface area contributed by atoms with Crippen LogP contribution in [0.15, 0.2) is 29.3 Å². The highest BCUT2D eigenvalue weighted by Crippen LogP contribution is 2.49. The molecule has 0 fully saturated rings. The van der Waals surface area contributed by atoms with Gasteiger partial charge in [-0.15, -0.1) is 11.8 Å². The molecular weight excluding hydrogens is 362 g/mol. The first-order chi connectivity index (χ1) is 11.7. The molecule has 25 heavy (non-hydrogen) atoms. The van der Waals surface area contributed by atoms with E-state index >= 15 is 4.39 Å². The zero-order chi connectivity index (χ0) is 18.4. The molecule has 0 spiro atoms. The van der Waals surface area contributed by atoms with Crippen LogP contribution in [-0.2, 0) is 10.5 Å². The van der Waals surface area contributed by atoms with Crippen LogP contribution in [0, 0.1) is 0 Å². The molecule has 0 saturated carbocycles. The fourth-order valence-electron chi connectivity index (χ4n) is 2.62. The number of carbonyl (C=O) groups excluding carboxylic acids is 1. The van der Waals surface area contributed by atoms with Gasteiger partial charge >= 0.3 is 17.9 Å². The molecule has 0 bridgehead atoms. The first-order valence-electron chi connectivity index (χ1n) is 7.22. The number of hydrogen-bond acceptors (Lipinski definition) is 5. The predicted molar refractivity (Wildman–Crippen MR) is 83.8 cm³/mol. The van der Waals surface area contributed by atoms with Crippen molar-refractivity contribution in [3.05, 3.63) is 35.4 Å². The number of esters is 1. The molecule has 1 atom stereocenters. The second-order valence-corrected chi connectivity index (χ2v) is 5.96. The lowest BCUT2D eigenvalue weighted by atomic mass is 9.99. The van der Waals surface area contributed by atoms with Crippen LogP contribution in [0.2, 0.25) is 0 Å². The smallest absolute Gasteiger partial charge is 0.446 e. The van der Waals surface area contributed by atoms with E-state index in [0.29, 0.717) is 0 Å². The Morgan fingerprint density at radius 1 is 1.40 bits per heavy atom. The summed E-state index contributed by atoms with van der Waals surface area (Å²) >= 11 is 1.05. The van der Waals surface area contributed by atoms with Gasteiger partial charge in [0.2, 0.25) is 0 Å². The third-order valence-electron chi connectivity index (χ3n) is 3.71. The van der Waals surface area contributed by atoms with E-state index in [-0.39, 0.29) is 28.7 Å². The number of alkyl halides is 4. The third kappa shape index (κ3) is 2.55. The molecule has 0 aliphatic carbocycles. The van der Waals surface area contributed by atoms with Gasteiger partial charge in [-0.3, -0.25) is 0 Å². The summed E-state index contributed by atoms with van der Waals surface area (Å²) in [5.41, 5.74) is -0.947. The average molecular weight is 375 g/mol. The molecule has 0 saturated heterocycles. The number of ether oxygens (including phenoxy) is 1. The monoisotopic (exact) mass is 375 g/mol. The van der Waals surface area contributed by atoms with Crippen LogP contribution in [-0.4, -0.2) is 34.8 Å². The number of fused-ring (bicyclic) bond motifs is 3. The van der Waals surface area contributed by atoms with E-state index in [1.807, 2.05) is 5.32 Å². The molecular formula is C15H13F4N3O2S. The van der Waals surface area contributed by atoms with Crippen LogP contribution in [0.3, 0.4) is 0 Å². The summed E-state index contributed by atoms with van der Waals surface area (Å²) < 4.78 is 61.5. The highest BCUT2D eigenvalue weighted by molar-refractivity contribution is 7.98. The van der Waals surface area contributed by atoms with Gasteiger partial charge in [-0.05, 0) is 19.2 Å². The molecule has 1 unspecified atom stereocenters. The average Bonchev–Trinajstić information content (AvgIpc) is 2.93. The molecule has 2 aromatic rings. The topological polar surface area (TPSA) is 56.1 Å². The highest BCUT2D eigenvalue weighted by Gasteiger charge is 2.61. The Morgan fingerprint density at radius 2 is 2.08 bits per heavy atom. The Hall–Kier alpha value is -2.23. The lowest BCUT2D eigenvalue weighted by Crippen LogP contribution is -2.48. The largest absolute Gasteiger partial charge is 0.462 e. The minimum absolute atomic E-state index is 0.0217. The summed E-state index contributed by atoms with van der Waals surface area (Å²) in [6, 6.07) is 5.11. The number of para-hydroxylation sites is 1. The van der Waals surface area contributed by atoms with Crippen molar-refractivity contribution in [3.8, 4) is 5.69 Å². The molecule has 2 heterocycles. The van der Waals surface area contributed by atoms with E-state index in [2.05, 4.69) is 5.10 Å². The summed E-state index contributed by atoms with van der Waals surface area (Å²) in [6.07, 6.45) is -3.64. The van der Waals surface area contributed by atoms with E-state index in [1.165, 1.54) is 18.2 Å². The normalized spacial score (nSPS) is 19.0. The number of anilines is 1. The second-order valence-electron chi connectivity index (χ2n) is 5.16. The first kappa shape index (κ1) is 17.6. The molecule has 1 aliphatic rings. The van der Waals surface area contributed by atoms with Crippen molar-refractivity contribution < 1.29 is 27.1 Å². The number of thioether (sulfide) groups is 1. The van der Waals surface area contributed by atoms with E-state index < -0.39 is 23.5 Å². The molecule has 1 aromatic carbocycles. The highest BCUT2D eigenvalue weighted by atomic mass is 32.2. The van der Waals surface area contributed by atoms with E-state index in [9.17, 15) is 18.0 Å². The number of halogens is 4. The molecule has 10 heteroatoms. The van der Waals surface area contributed by atoms with Crippen molar-refractivity contribution in [2.75, 3.05) is 18.2 Å². The van der Waals surface area contributed by atoms with Gasteiger partial charge in [-0.1, -0.05) is 18.2 Å². The van der Waals surface area contributed by atoms with Crippen molar-refractivity contribution in [1.29, 1.82) is 0 Å². The van der Waals surface area contributed by atoms with Gasteiger partial charge in [0.15, 0.2) is 0 Å². The maximum Gasteiger partial charge on any atom is 0.446 e. The number of nitrogens with one attached hydrogen (secondary N) is 1. The van der Waals surface area contributed by atoms with Gasteiger partial charge in [0.1, 0.15) is 16.4 Å². The van der Waals surface area contributed by atoms with E-state index in [1.54, 1.807) is 13.2 Å². The Morgan fingerprint density at radius 3 is 2.68 bits per heavy atom. The fourth-order valence-corrected chi connectivity index (χ4v) is 3.17. The molecule has 1 aliphatic heterocycles. The summed E-state index contributed by atoms with van der Waals surface area (Å²) in [7, 11) is 0. The van der Waals surface area contributed by atoms with Gasteiger partial charge in [0, 0.05) is 5.56 Å². The number of hydrogen-bond donors (Lipinski definition) is 1. The van der Waals surface area contributed by atoms with Gasteiger partial charge < -0.3 is 10.1 Å². The summed E-state index contributed by atoms with van der Waals surface area (Å²) in [5, 5.41) is 6.11. The number of benzene rings is 1. The third-order valence-corrected chi connectivity index (χ3v) is 4.38. The molecule has 0 radical (unpaired) electrons. The SMILES string of the molecule is CCOC(=O)c1c(SC)nn2c1NC(F)(C(F)(F)F)c1ccccc1-2. The van der Waals surface area contributed by atoms with E-state index in [0.717, 1.165) is 22.5 Å². The fraction of sp³-hybridized carbons (Fsp3) is 0.333. The summed E-state index contributed by atoms with van der Waals surface area (Å²) in [4.78, 5) is 12.2. The number of nitrogens with zero attached hydrogens (tertiary/aromatic N) is 2. The minimum atomic E-state index is -5.25. The number of rotatable bonds is 3. The first-order valence-corrected chi connectivity index (χ1v) is 8.45. The van der Waals surface area contributed by atoms with E-state index in [4.69, 9.17) is 4.74 Å². The second kappa shape index (κ2) is 5.94. The van der Waals surface area contributed by atoms with Crippen LogP contribution in [0.4, 0.5) is 23.4 Å². The van der Waals surface area contributed by atoms with Gasteiger partial charge in [0.25, 0.3) is 0 Å². The molecule has 1 aromatic heterocycles. The Balaban J connectivity index is 2.30. The number of aromatic nitrogens is 2. The standard InChI is InChI=1S/C15H13F4N3O2S/c1-3-24-13(23)10-11-20-14(16,15(17,18)19)8-6-4-5-7-9(8)22(11)21-12(10)25-2/h4-7,20H,3H2,1-2H3. The van der Waals surface area contributed by atoms with Gasteiger partial charge in [0.05, 0.1) is 12.3 Å². The predicted octanol–water partition coefficient (Wildman–Crippen LogP) is 3.88. The molecule has 5 nitrogen and oxygen atoms in total. The Kier molecular flexibility index (Phi) is 4.18. The minimum Gasteiger partial charge on any atom is -0.462 e. The zero-order valence-electron chi connectivity index (χ0n) is 13.1. The van der Waals surface area contributed by atoms with Gasteiger partial charge in [-0.2, -0.15) is 18.3 Å². The van der Waals surface area contributed by atoms with Crippen molar-refractivity contribution in [2.45, 2.75) is 23.9 Å². The van der Waals surface area contributed by atoms with Crippen LogP contribution in [0.25, 0.3) is 5.69 Å². The molecule has 134 valence electrons. The van der Waals surface area contributed by atoms with Crippen molar-refractivity contribution in [1.82, 2.24) is 9.78 Å². The molecule has 3 rings (SSSR count). The maximum absolute atomic E-state index is 15.1. The lowest BCUT2D eigenvalue weighted by molar-refractivity contribution is -0.225.